The largest absolute Gasteiger partial charge is 0.462 e. The van der Waals surface area contributed by atoms with E-state index in [0.717, 1.165) is 69.6 Å². The van der Waals surface area contributed by atoms with E-state index in [0.29, 0.717) is 19.3 Å². The van der Waals surface area contributed by atoms with E-state index in [-0.39, 0.29) is 31.1 Å². The van der Waals surface area contributed by atoms with Crippen LogP contribution < -0.4 is 0 Å². The molecule has 0 aromatic heterocycles. The number of hydrogen-bond acceptors (Lipinski definition) is 6. The molecular formula is C66H128O6. The third kappa shape index (κ3) is 57.7. The van der Waals surface area contributed by atoms with Gasteiger partial charge in [0.2, 0.25) is 0 Å². The van der Waals surface area contributed by atoms with E-state index in [4.69, 9.17) is 14.2 Å². The van der Waals surface area contributed by atoms with Crippen molar-refractivity contribution < 1.29 is 28.6 Å². The van der Waals surface area contributed by atoms with Gasteiger partial charge < -0.3 is 14.2 Å². The van der Waals surface area contributed by atoms with Crippen LogP contribution in [0.5, 0.6) is 0 Å². The molecule has 6 nitrogen and oxygen atoms in total. The molecule has 0 bridgehead atoms. The predicted octanol–water partition coefficient (Wildman–Crippen LogP) is 22.0. The minimum absolute atomic E-state index is 0.0617. The first-order chi connectivity index (χ1) is 35.3. The Kier molecular flexibility index (Phi) is 57.4. The van der Waals surface area contributed by atoms with Gasteiger partial charge in [-0.1, -0.05) is 336 Å². The normalized spacial score (nSPS) is 12.4. The monoisotopic (exact) mass is 1020 g/mol. The maximum absolute atomic E-state index is 12.9. The summed E-state index contributed by atoms with van der Waals surface area (Å²) in [5.74, 6) is 0.937. The van der Waals surface area contributed by atoms with Crippen LogP contribution in [0.15, 0.2) is 0 Å². The molecule has 72 heavy (non-hydrogen) atoms. The van der Waals surface area contributed by atoms with Crippen LogP contribution >= 0.6 is 0 Å². The Morgan fingerprint density at radius 2 is 0.528 bits per heavy atom. The van der Waals surface area contributed by atoms with Crippen molar-refractivity contribution in [2.45, 2.75) is 381 Å². The summed E-state index contributed by atoms with van der Waals surface area (Å²) in [5.41, 5.74) is 0. The van der Waals surface area contributed by atoms with E-state index >= 15 is 0 Å². The van der Waals surface area contributed by atoms with Crippen molar-refractivity contribution >= 4 is 17.9 Å². The fourth-order valence-electron chi connectivity index (χ4n) is 10.3. The Labute approximate surface area is 450 Å². The maximum atomic E-state index is 12.9. The van der Waals surface area contributed by atoms with Gasteiger partial charge in [0, 0.05) is 19.3 Å². The third-order valence-electron chi connectivity index (χ3n) is 15.6. The molecule has 0 aliphatic heterocycles. The first-order valence-corrected chi connectivity index (χ1v) is 32.8. The van der Waals surface area contributed by atoms with E-state index in [1.807, 2.05) is 0 Å². The summed E-state index contributed by atoms with van der Waals surface area (Å²) in [6, 6.07) is 0. The molecule has 0 saturated carbocycles. The SMILES string of the molecule is CCCCCCCCCCCCCC(=O)OC[C@@H](COC(=O)CCCCCCCCCCCCCCCCCCCCC(C)CC)OC(=O)CCCCCCCCCCCCCCCCCCCCC(C)C. The summed E-state index contributed by atoms with van der Waals surface area (Å²) < 4.78 is 16.9. The highest BCUT2D eigenvalue weighted by Gasteiger charge is 2.19. The van der Waals surface area contributed by atoms with Crippen LogP contribution in [0.1, 0.15) is 375 Å². The summed E-state index contributed by atoms with van der Waals surface area (Å²) >= 11 is 0. The first-order valence-electron chi connectivity index (χ1n) is 32.8. The Balaban J connectivity index is 4.20. The fraction of sp³-hybridized carbons (Fsp3) is 0.955. The average Bonchev–Trinajstić information content (AvgIpc) is 3.37. The number of ether oxygens (including phenoxy) is 3. The second-order valence-electron chi connectivity index (χ2n) is 23.5. The Bertz CT molecular complexity index is 1110. The molecule has 0 amide bonds. The molecule has 0 N–H and O–H groups in total. The summed E-state index contributed by atoms with van der Waals surface area (Å²) in [7, 11) is 0. The van der Waals surface area contributed by atoms with Crippen LogP contribution in [0.3, 0.4) is 0 Å². The fourth-order valence-corrected chi connectivity index (χ4v) is 10.3. The van der Waals surface area contributed by atoms with Crippen LogP contribution in [-0.4, -0.2) is 37.2 Å². The second-order valence-corrected chi connectivity index (χ2v) is 23.5. The molecule has 0 saturated heterocycles. The Morgan fingerprint density at radius 1 is 0.292 bits per heavy atom. The van der Waals surface area contributed by atoms with Crippen molar-refractivity contribution in [1.29, 1.82) is 0 Å². The molecule has 0 aromatic carbocycles. The van der Waals surface area contributed by atoms with Crippen LogP contribution in [0, 0.1) is 11.8 Å². The van der Waals surface area contributed by atoms with Crippen molar-refractivity contribution in [2.24, 2.45) is 11.8 Å². The minimum atomic E-state index is -0.763. The third-order valence-corrected chi connectivity index (χ3v) is 15.6. The van der Waals surface area contributed by atoms with Gasteiger partial charge in [0.15, 0.2) is 6.10 Å². The van der Waals surface area contributed by atoms with Gasteiger partial charge >= 0.3 is 17.9 Å². The van der Waals surface area contributed by atoms with Gasteiger partial charge in [0.1, 0.15) is 13.2 Å². The Morgan fingerprint density at radius 3 is 0.792 bits per heavy atom. The standard InChI is InChI=1S/C66H128O6/c1-6-8-9-10-11-12-29-36-41-46-51-56-64(67)70-59-63(72-66(69)58-53-48-43-38-33-28-24-20-15-13-17-21-25-30-34-39-44-49-54-61(3)4)60-71-65(68)57-52-47-42-37-32-27-23-19-16-14-18-22-26-31-35-40-45-50-55-62(5)7-2/h61-63H,6-60H2,1-5H3/t62?,63-/m0/s1. The number of rotatable bonds is 60. The molecule has 0 heterocycles. The van der Waals surface area contributed by atoms with Crippen molar-refractivity contribution in [3.05, 3.63) is 0 Å². The summed E-state index contributed by atoms with van der Waals surface area (Å²) in [5, 5.41) is 0. The second kappa shape index (κ2) is 58.7. The lowest BCUT2D eigenvalue weighted by molar-refractivity contribution is -0.167. The topological polar surface area (TPSA) is 78.9 Å². The van der Waals surface area contributed by atoms with Gasteiger partial charge in [0.25, 0.3) is 0 Å². The van der Waals surface area contributed by atoms with Crippen molar-refractivity contribution in [2.75, 3.05) is 13.2 Å². The highest BCUT2D eigenvalue weighted by atomic mass is 16.6. The first kappa shape index (κ1) is 70.4. The lowest BCUT2D eigenvalue weighted by atomic mass is 9.99. The van der Waals surface area contributed by atoms with Crippen LogP contribution in [0.4, 0.5) is 0 Å². The molecule has 0 rings (SSSR count). The molecular weight excluding hydrogens is 889 g/mol. The molecule has 0 aliphatic rings. The minimum Gasteiger partial charge on any atom is -0.462 e. The predicted molar refractivity (Wildman–Crippen MR) is 312 cm³/mol. The number of carbonyl (C=O) groups excluding carboxylic acids is 3. The van der Waals surface area contributed by atoms with Crippen molar-refractivity contribution in [3.8, 4) is 0 Å². The molecule has 6 heteroatoms. The molecule has 1 unspecified atom stereocenters. The van der Waals surface area contributed by atoms with Crippen LogP contribution in [-0.2, 0) is 28.6 Å². The van der Waals surface area contributed by atoms with Crippen LogP contribution in [0.25, 0.3) is 0 Å². The van der Waals surface area contributed by atoms with Gasteiger partial charge in [-0.3, -0.25) is 14.4 Å². The molecule has 0 spiro atoms. The molecule has 428 valence electrons. The number of unbranched alkanes of at least 4 members (excludes halogenated alkanes) is 44. The van der Waals surface area contributed by atoms with Gasteiger partial charge in [0.05, 0.1) is 0 Å². The van der Waals surface area contributed by atoms with Gasteiger partial charge in [-0.2, -0.15) is 0 Å². The summed E-state index contributed by atoms with van der Waals surface area (Å²) in [4.78, 5) is 38.3. The van der Waals surface area contributed by atoms with Crippen molar-refractivity contribution in [1.82, 2.24) is 0 Å². The number of carbonyl (C=O) groups is 3. The molecule has 0 fully saturated rings. The van der Waals surface area contributed by atoms with E-state index in [9.17, 15) is 14.4 Å². The number of hydrogen-bond donors (Lipinski definition) is 0. The average molecular weight is 1020 g/mol. The zero-order valence-corrected chi connectivity index (χ0v) is 49.6. The summed E-state index contributed by atoms with van der Waals surface area (Å²) in [6.45, 7) is 11.5. The van der Waals surface area contributed by atoms with Gasteiger partial charge in [-0.25, -0.2) is 0 Å². The van der Waals surface area contributed by atoms with Crippen molar-refractivity contribution in [3.63, 3.8) is 0 Å². The highest BCUT2D eigenvalue weighted by Crippen LogP contribution is 2.19. The van der Waals surface area contributed by atoms with Gasteiger partial charge in [-0.05, 0) is 31.1 Å². The Hall–Kier alpha value is -1.59. The highest BCUT2D eigenvalue weighted by molar-refractivity contribution is 5.71. The lowest BCUT2D eigenvalue weighted by Crippen LogP contribution is -2.30. The lowest BCUT2D eigenvalue weighted by Gasteiger charge is -2.18. The summed E-state index contributed by atoms with van der Waals surface area (Å²) in [6.07, 6.45) is 65.4. The van der Waals surface area contributed by atoms with E-state index in [2.05, 4.69) is 34.6 Å². The van der Waals surface area contributed by atoms with E-state index < -0.39 is 6.10 Å². The smallest absolute Gasteiger partial charge is 0.306 e. The molecule has 0 radical (unpaired) electrons. The van der Waals surface area contributed by atoms with E-state index in [1.165, 1.54) is 263 Å². The molecule has 2 atom stereocenters. The maximum Gasteiger partial charge on any atom is 0.306 e. The quantitative estimate of drug-likeness (QED) is 0.0343. The van der Waals surface area contributed by atoms with E-state index in [1.54, 1.807) is 0 Å². The molecule has 0 aliphatic carbocycles. The zero-order chi connectivity index (χ0) is 52.5. The van der Waals surface area contributed by atoms with Gasteiger partial charge in [-0.15, -0.1) is 0 Å². The number of esters is 3. The molecule has 0 aromatic rings. The van der Waals surface area contributed by atoms with Crippen LogP contribution in [0.2, 0.25) is 0 Å². The zero-order valence-electron chi connectivity index (χ0n) is 49.6.